The molecule has 2 saturated heterocycles. The number of benzene rings is 1. The molecule has 2 aliphatic heterocycles. The van der Waals surface area contributed by atoms with Gasteiger partial charge in [0.25, 0.3) is 0 Å². The van der Waals surface area contributed by atoms with Crippen LogP contribution in [0.1, 0.15) is 64.0 Å². The first kappa shape index (κ1) is 22.0. The lowest BCUT2D eigenvalue weighted by Gasteiger charge is -2.35. The molecule has 0 saturated carbocycles. The summed E-state index contributed by atoms with van der Waals surface area (Å²) in [7, 11) is 0. The molecule has 0 radical (unpaired) electrons. The number of urea groups is 1. The lowest BCUT2D eigenvalue weighted by atomic mass is 9.86. The number of carbonyl (C=O) groups excluding carboxylic acids is 2. The second kappa shape index (κ2) is 8.99. The van der Waals surface area contributed by atoms with Gasteiger partial charge in [-0.2, -0.15) is 0 Å². The van der Waals surface area contributed by atoms with Gasteiger partial charge in [-0.1, -0.05) is 45.0 Å². The monoisotopic (exact) mass is 417 g/mol. The molecule has 5 nitrogen and oxygen atoms in total. The molecule has 29 heavy (non-hydrogen) atoms. The number of nitrogens with zero attached hydrogens (tertiary/aromatic N) is 2. The number of nitrogens with one attached hydrogen (secondary N) is 1. The van der Waals surface area contributed by atoms with Crippen LogP contribution in [-0.2, 0) is 10.2 Å². The van der Waals surface area contributed by atoms with Gasteiger partial charge in [0, 0.05) is 25.7 Å². The topological polar surface area (TPSA) is 52.7 Å². The highest BCUT2D eigenvalue weighted by molar-refractivity contribution is 8.00. The van der Waals surface area contributed by atoms with E-state index in [1.165, 1.54) is 11.1 Å². The second-order valence-corrected chi connectivity index (χ2v) is 10.7. The van der Waals surface area contributed by atoms with Crippen LogP contribution in [0.15, 0.2) is 24.3 Å². The molecule has 1 atom stereocenters. The third-order valence-electron chi connectivity index (χ3n) is 5.80. The molecule has 160 valence electrons. The highest BCUT2D eigenvalue weighted by Crippen LogP contribution is 2.40. The molecular weight excluding hydrogens is 382 g/mol. The van der Waals surface area contributed by atoms with Crippen LogP contribution in [0.25, 0.3) is 0 Å². The number of amides is 3. The fraction of sp³-hybridized carbons (Fsp3) is 0.652. The summed E-state index contributed by atoms with van der Waals surface area (Å²) < 4.78 is 0. The number of thioether (sulfide) groups is 1. The van der Waals surface area contributed by atoms with Gasteiger partial charge in [-0.3, -0.25) is 4.79 Å². The van der Waals surface area contributed by atoms with Gasteiger partial charge in [-0.25, -0.2) is 4.79 Å². The van der Waals surface area contributed by atoms with Crippen molar-refractivity contribution < 1.29 is 9.59 Å². The molecule has 0 spiro atoms. The van der Waals surface area contributed by atoms with Crippen LogP contribution >= 0.6 is 11.8 Å². The average molecular weight is 418 g/mol. The summed E-state index contributed by atoms with van der Waals surface area (Å²) in [5.74, 6) is 1.25. The van der Waals surface area contributed by atoms with E-state index in [4.69, 9.17) is 0 Å². The minimum Gasteiger partial charge on any atom is -0.336 e. The Morgan fingerprint density at radius 1 is 1.17 bits per heavy atom. The largest absolute Gasteiger partial charge is 0.336 e. The van der Waals surface area contributed by atoms with Gasteiger partial charge in [0.15, 0.2) is 0 Å². The summed E-state index contributed by atoms with van der Waals surface area (Å²) in [4.78, 5) is 28.7. The Balaban J connectivity index is 1.60. The molecule has 6 heteroatoms. The zero-order chi connectivity index (χ0) is 21.2. The zero-order valence-electron chi connectivity index (χ0n) is 18.4. The van der Waals surface area contributed by atoms with E-state index >= 15 is 0 Å². The van der Waals surface area contributed by atoms with Crippen LogP contribution in [0.3, 0.4) is 0 Å². The van der Waals surface area contributed by atoms with E-state index in [-0.39, 0.29) is 28.8 Å². The van der Waals surface area contributed by atoms with Gasteiger partial charge in [-0.15, -0.1) is 11.8 Å². The third-order valence-corrected chi connectivity index (χ3v) is 7.05. The Labute approximate surface area is 179 Å². The Morgan fingerprint density at radius 2 is 1.79 bits per heavy atom. The molecular formula is C23H35N3O2S. The van der Waals surface area contributed by atoms with Crippen LogP contribution in [0, 0.1) is 5.92 Å². The molecule has 1 N–H and O–H groups in total. The Hall–Kier alpha value is -1.69. The molecule has 1 aromatic rings. The fourth-order valence-corrected chi connectivity index (χ4v) is 5.21. The minimum atomic E-state index is 0.0306. The summed E-state index contributed by atoms with van der Waals surface area (Å²) in [6.07, 6.45) is 1.91. The normalized spacial score (nSPS) is 21.2. The first-order valence-electron chi connectivity index (χ1n) is 10.7. The summed E-state index contributed by atoms with van der Waals surface area (Å²) in [5.41, 5.74) is 2.66. The van der Waals surface area contributed by atoms with Gasteiger partial charge in [0.2, 0.25) is 5.91 Å². The third kappa shape index (κ3) is 5.47. The Kier molecular flexibility index (Phi) is 6.82. The number of carbonyl (C=O) groups is 2. The molecule has 2 fully saturated rings. The number of hydrogen-bond donors (Lipinski definition) is 1. The zero-order valence-corrected chi connectivity index (χ0v) is 19.2. The summed E-state index contributed by atoms with van der Waals surface area (Å²) in [5, 5.41) is 3.08. The predicted molar refractivity (Wildman–Crippen MR) is 120 cm³/mol. The molecule has 0 unspecified atom stereocenters. The van der Waals surface area contributed by atoms with Crippen LogP contribution in [0.5, 0.6) is 0 Å². The number of rotatable bonds is 4. The molecule has 0 aromatic heterocycles. The summed E-state index contributed by atoms with van der Waals surface area (Å²) in [6, 6.07) is 8.95. The van der Waals surface area contributed by atoms with Crippen molar-refractivity contribution in [2.75, 3.05) is 25.4 Å². The maximum absolute atomic E-state index is 12.6. The van der Waals surface area contributed by atoms with Crippen molar-refractivity contribution in [1.82, 2.24) is 15.1 Å². The van der Waals surface area contributed by atoms with Gasteiger partial charge in [0.1, 0.15) is 5.37 Å². The van der Waals surface area contributed by atoms with E-state index in [0.717, 1.165) is 32.5 Å². The standard InChI is InChI=1S/C23H35N3O2S/c1-16(2)24-22(28)25-12-10-17(11-13-25)14-26-20(27)15-29-21(26)18-6-8-19(9-7-18)23(3,4)5/h6-9,16-17,21H,10-15H2,1-5H3,(H,24,28)/t21-/m1/s1. The maximum atomic E-state index is 12.6. The quantitative estimate of drug-likeness (QED) is 0.791. The van der Waals surface area contributed by atoms with Crippen LogP contribution in [0.4, 0.5) is 4.79 Å². The SMILES string of the molecule is CC(C)NC(=O)N1CCC(CN2C(=O)CS[C@@H]2c2ccc(C(C)(C)C)cc2)CC1. The highest BCUT2D eigenvalue weighted by Gasteiger charge is 2.35. The van der Waals surface area contributed by atoms with Crippen LogP contribution in [-0.4, -0.2) is 53.2 Å². The van der Waals surface area contributed by atoms with Crippen molar-refractivity contribution >= 4 is 23.7 Å². The lowest BCUT2D eigenvalue weighted by Crippen LogP contribution is -2.47. The van der Waals surface area contributed by atoms with Crippen LogP contribution in [0.2, 0.25) is 0 Å². The van der Waals surface area contributed by atoms with E-state index in [1.54, 1.807) is 11.8 Å². The minimum absolute atomic E-state index is 0.0306. The van der Waals surface area contributed by atoms with Crippen LogP contribution < -0.4 is 5.32 Å². The second-order valence-electron chi connectivity index (χ2n) is 9.62. The van der Waals surface area contributed by atoms with Crippen molar-refractivity contribution in [3.63, 3.8) is 0 Å². The molecule has 0 bridgehead atoms. The Morgan fingerprint density at radius 3 is 2.34 bits per heavy atom. The van der Waals surface area contributed by atoms with E-state index in [2.05, 4.69) is 55.3 Å². The van der Waals surface area contributed by atoms with Gasteiger partial charge >= 0.3 is 6.03 Å². The first-order valence-corrected chi connectivity index (χ1v) is 11.8. The molecule has 3 rings (SSSR count). The molecule has 3 amide bonds. The number of piperidine rings is 1. The highest BCUT2D eigenvalue weighted by atomic mass is 32.2. The fourth-order valence-electron chi connectivity index (χ4n) is 4.01. The molecule has 2 heterocycles. The maximum Gasteiger partial charge on any atom is 0.317 e. The van der Waals surface area contributed by atoms with Gasteiger partial charge in [0.05, 0.1) is 5.75 Å². The van der Waals surface area contributed by atoms with Crippen molar-refractivity contribution in [1.29, 1.82) is 0 Å². The predicted octanol–water partition coefficient (Wildman–Crippen LogP) is 4.39. The first-order chi connectivity index (χ1) is 13.6. The summed E-state index contributed by atoms with van der Waals surface area (Å²) >= 11 is 1.73. The van der Waals surface area contributed by atoms with E-state index in [9.17, 15) is 9.59 Å². The Bertz CT molecular complexity index is 719. The van der Waals surface area contributed by atoms with Gasteiger partial charge in [-0.05, 0) is 49.1 Å². The number of hydrogen-bond acceptors (Lipinski definition) is 3. The average Bonchev–Trinajstić information content (AvgIpc) is 3.01. The molecule has 2 aliphatic rings. The van der Waals surface area contributed by atoms with E-state index < -0.39 is 0 Å². The number of likely N-dealkylation sites (tertiary alicyclic amines) is 1. The molecule has 0 aliphatic carbocycles. The van der Waals surface area contributed by atoms with E-state index in [0.29, 0.717) is 11.7 Å². The van der Waals surface area contributed by atoms with Crippen molar-refractivity contribution in [2.24, 2.45) is 5.92 Å². The van der Waals surface area contributed by atoms with Crippen molar-refractivity contribution in [3.05, 3.63) is 35.4 Å². The van der Waals surface area contributed by atoms with E-state index in [1.807, 2.05) is 18.7 Å². The lowest BCUT2D eigenvalue weighted by molar-refractivity contribution is -0.128. The summed E-state index contributed by atoms with van der Waals surface area (Å²) in [6.45, 7) is 12.9. The van der Waals surface area contributed by atoms with Gasteiger partial charge < -0.3 is 15.1 Å². The smallest absolute Gasteiger partial charge is 0.317 e. The van der Waals surface area contributed by atoms with Crippen molar-refractivity contribution in [2.45, 2.75) is 64.3 Å². The molecule has 1 aromatic carbocycles. The van der Waals surface area contributed by atoms with Crippen molar-refractivity contribution in [3.8, 4) is 0 Å².